The van der Waals surface area contributed by atoms with E-state index in [1.807, 2.05) is 35.2 Å². The molecule has 1 unspecified atom stereocenters. The molecule has 7 heteroatoms. The smallest absolute Gasteiger partial charge is 0.358 e. The number of carbonyl (C=O) groups is 2. The molecule has 1 aliphatic rings. The minimum Gasteiger partial charge on any atom is -0.497 e. The van der Waals surface area contributed by atoms with Gasteiger partial charge in [0.2, 0.25) is 0 Å². The summed E-state index contributed by atoms with van der Waals surface area (Å²) in [6.45, 7) is 3.01. The van der Waals surface area contributed by atoms with E-state index in [-0.39, 0.29) is 11.6 Å². The zero-order valence-electron chi connectivity index (χ0n) is 18.9. The summed E-state index contributed by atoms with van der Waals surface area (Å²) in [5.41, 5.74) is 2.44. The maximum Gasteiger partial charge on any atom is 0.358 e. The number of methoxy groups -OCH3 is 1. The first kappa shape index (κ1) is 23.0. The number of rotatable bonds is 7. The average Bonchev–Trinajstić information content (AvgIpc) is 3.35. The summed E-state index contributed by atoms with van der Waals surface area (Å²) in [6, 6.07) is 17.9. The van der Waals surface area contributed by atoms with E-state index in [0.29, 0.717) is 24.0 Å². The number of hydrogen-bond donors (Lipinski definition) is 0. The van der Waals surface area contributed by atoms with Crippen LogP contribution in [0.25, 0.3) is 10.6 Å². The fourth-order valence-corrected chi connectivity index (χ4v) is 4.86. The lowest BCUT2D eigenvalue weighted by Gasteiger charge is -2.33. The summed E-state index contributed by atoms with van der Waals surface area (Å²) in [5.74, 6) is 0.602. The molecule has 6 nitrogen and oxygen atoms in total. The van der Waals surface area contributed by atoms with Crippen LogP contribution in [-0.2, 0) is 16.0 Å². The molecule has 4 rings (SSSR count). The minimum atomic E-state index is -0.839. The van der Waals surface area contributed by atoms with Crippen LogP contribution in [0.3, 0.4) is 0 Å². The van der Waals surface area contributed by atoms with E-state index < -0.39 is 12.1 Å². The average molecular weight is 465 g/mol. The zero-order chi connectivity index (χ0) is 23.2. The first-order chi connectivity index (χ1) is 16.0. The van der Waals surface area contributed by atoms with Crippen LogP contribution in [0.4, 0.5) is 0 Å². The van der Waals surface area contributed by atoms with Gasteiger partial charge in [0, 0.05) is 24.0 Å². The van der Waals surface area contributed by atoms with Crippen LogP contribution < -0.4 is 4.74 Å². The Kier molecular flexibility index (Phi) is 7.40. The van der Waals surface area contributed by atoms with Gasteiger partial charge in [-0.15, -0.1) is 11.3 Å². The molecular weight excluding hydrogens is 436 g/mol. The minimum absolute atomic E-state index is 0.146. The largest absolute Gasteiger partial charge is 0.497 e. The van der Waals surface area contributed by atoms with Crippen molar-refractivity contribution in [2.24, 2.45) is 5.92 Å². The van der Waals surface area contributed by atoms with Crippen molar-refractivity contribution < 1.29 is 19.1 Å². The van der Waals surface area contributed by atoms with E-state index in [1.165, 1.54) is 16.9 Å². The molecule has 1 aromatic heterocycles. The molecule has 172 valence electrons. The van der Waals surface area contributed by atoms with Crippen molar-refractivity contribution in [3.05, 3.63) is 71.2 Å². The molecule has 3 aromatic rings. The summed E-state index contributed by atoms with van der Waals surface area (Å²) in [4.78, 5) is 31.6. The highest BCUT2D eigenvalue weighted by Gasteiger charge is 2.29. The number of nitrogens with zero attached hydrogens (tertiary/aromatic N) is 2. The third kappa shape index (κ3) is 5.79. The Hall–Kier alpha value is -3.19. The lowest BCUT2D eigenvalue weighted by Crippen LogP contribution is -2.44. The number of benzene rings is 2. The summed E-state index contributed by atoms with van der Waals surface area (Å²) in [5, 5.41) is 2.37. The first-order valence-electron chi connectivity index (χ1n) is 11.2. The maximum atomic E-state index is 12.8. The van der Waals surface area contributed by atoms with Crippen molar-refractivity contribution in [2.45, 2.75) is 32.3 Å². The molecule has 1 aliphatic heterocycles. The zero-order valence-corrected chi connectivity index (χ0v) is 19.7. The van der Waals surface area contributed by atoms with Crippen molar-refractivity contribution in [1.29, 1.82) is 0 Å². The fourth-order valence-electron chi connectivity index (χ4n) is 4.07. The molecular formula is C26H28N2O4S. The Balaban J connectivity index is 1.28. The number of piperidine rings is 1. The molecule has 1 amide bonds. The lowest BCUT2D eigenvalue weighted by molar-refractivity contribution is -0.141. The molecule has 0 aliphatic carbocycles. The van der Waals surface area contributed by atoms with Crippen LogP contribution in [0.1, 0.15) is 35.8 Å². The Bertz CT molecular complexity index is 1070. The molecule has 33 heavy (non-hydrogen) atoms. The molecule has 2 heterocycles. The van der Waals surface area contributed by atoms with Crippen LogP contribution in [0.5, 0.6) is 5.75 Å². The van der Waals surface area contributed by atoms with Crippen molar-refractivity contribution in [1.82, 2.24) is 9.88 Å². The number of carbonyl (C=O) groups excluding carboxylic acids is 2. The van der Waals surface area contributed by atoms with E-state index in [0.717, 1.165) is 30.6 Å². The number of ether oxygens (including phenoxy) is 2. The van der Waals surface area contributed by atoms with Gasteiger partial charge in [-0.2, -0.15) is 0 Å². The Morgan fingerprint density at radius 1 is 1.09 bits per heavy atom. The van der Waals surface area contributed by atoms with E-state index in [1.54, 1.807) is 19.4 Å². The number of likely N-dealkylation sites (tertiary alicyclic amines) is 1. The molecule has 1 saturated heterocycles. The van der Waals surface area contributed by atoms with E-state index in [2.05, 4.69) is 29.2 Å². The van der Waals surface area contributed by atoms with Crippen molar-refractivity contribution in [2.75, 3.05) is 20.2 Å². The topological polar surface area (TPSA) is 68.7 Å². The van der Waals surface area contributed by atoms with Crippen molar-refractivity contribution in [3.63, 3.8) is 0 Å². The van der Waals surface area contributed by atoms with Gasteiger partial charge in [0.15, 0.2) is 11.8 Å². The summed E-state index contributed by atoms with van der Waals surface area (Å²) in [6.07, 6.45) is 2.11. The standard InChI is InChI=1S/C26H28N2O4S/c1-18(25(29)28-14-12-20(13-15-28)16-19-6-4-3-5-7-19)32-26(30)23-17-33-24(27-23)21-8-10-22(31-2)11-9-21/h3-11,17-18,20H,12-16H2,1-2H3. The van der Waals surface area contributed by atoms with Gasteiger partial charge in [0.25, 0.3) is 5.91 Å². The summed E-state index contributed by atoms with van der Waals surface area (Å²) < 4.78 is 10.6. The van der Waals surface area contributed by atoms with Gasteiger partial charge in [-0.05, 0) is 61.9 Å². The molecule has 0 bridgehead atoms. The summed E-state index contributed by atoms with van der Waals surface area (Å²) >= 11 is 1.36. The SMILES string of the molecule is COc1ccc(-c2nc(C(=O)OC(C)C(=O)N3CCC(Cc4ccccc4)CC3)cs2)cc1. The molecule has 2 aromatic carbocycles. The molecule has 1 fully saturated rings. The van der Waals surface area contributed by atoms with Crippen LogP contribution in [0.15, 0.2) is 60.0 Å². The second-order valence-electron chi connectivity index (χ2n) is 8.27. The number of amides is 1. The van der Waals surface area contributed by atoms with Gasteiger partial charge in [-0.25, -0.2) is 9.78 Å². The molecule has 0 N–H and O–H groups in total. The predicted molar refractivity (Wildman–Crippen MR) is 128 cm³/mol. The maximum absolute atomic E-state index is 12.8. The Labute approximate surface area is 198 Å². The highest BCUT2D eigenvalue weighted by molar-refractivity contribution is 7.13. The number of hydrogen-bond acceptors (Lipinski definition) is 6. The van der Waals surface area contributed by atoms with Crippen LogP contribution >= 0.6 is 11.3 Å². The highest BCUT2D eigenvalue weighted by Crippen LogP contribution is 2.26. The van der Waals surface area contributed by atoms with Crippen molar-refractivity contribution >= 4 is 23.2 Å². The second kappa shape index (κ2) is 10.6. The quantitative estimate of drug-likeness (QED) is 0.468. The molecule has 0 spiro atoms. The third-order valence-corrected chi connectivity index (χ3v) is 6.87. The Morgan fingerprint density at radius 3 is 2.45 bits per heavy atom. The lowest BCUT2D eigenvalue weighted by atomic mass is 9.90. The number of aromatic nitrogens is 1. The number of thiazole rings is 1. The van der Waals surface area contributed by atoms with Crippen LogP contribution in [0.2, 0.25) is 0 Å². The Morgan fingerprint density at radius 2 is 1.79 bits per heavy atom. The molecule has 0 saturated carbocycles. The first-order valence-corrected chi connectivity index (χ1v) is 12.0. The molecule has 1 atom stereocenters. The summed E-state index contributed by atoms with van der Waals surface area (Å²) in [7, 11) is 1.61. The van der Waals surface area contributed by atoms with Gasteiger partial charge >= 0.3 is 5.97 Å². The predicted octanol–water partition coefficient (Wildman–Crippen LogP) is 4.85. The third-order valence-electron chi connectivity index (χ3n) is 5.98. The van der Waals surface area contributed by atoms with Gasteiger partial charge in [-0.1, -0.05) is 30.3 Å². The molecule has 0 radical (unpaired) electrons. The van der Waals surface area contributed by atoms with Gasteiger partial charge in [-0.3, -0.25) is 4.79 Å². The number of esters is 1. The fraction of sp³-hybridized carbons (Fsp3) is 0.346. The highest BCUT2D eigenvalue weighted by atomic mass is 32.1. The second-order valence-corrected chi connectivity index (χ2v) is 9.13. The van der Waals surface area contributed by atoms with Crippen LogP contribution in [-0.4, -0.2) is 48.1 Å². The monoisotopic (exact) mass is 464 g/mol. The van der Waals surface area contributed by atoms with Crippen LogP contribution in [0, 0.1) is 5.92 Å². The normalized spacial score (nSPS) is 15.2. The van der Waals surface area contributed by atoms with Crippen molar-refractivity contribution in [3.8, 4) is 16.3 Å². The van der Waals surface area contributed by atoms with Gasteiger partial charge in [0.05, 0.1) is 7.11 Å². The van der Waals surface area contributed by atoms with Gasteiger partial charge < -0.3 is 14.4 Å². The van der Waals surface area contributed by atoms with E-state index >= 15 is 0 Å². The van der Waals surface area contributed by atoms with E-state index in [4.69, 9.17) is 9.47 Å². The van der Waals surface area contributed by atoms with Gasteiger partial charge in [0.1, 0.15) is 10.8 Å². The van der Waals surface area contributed by atoms with E-state index in [9.17, 15) is 9.59 Å².